The number of allylic oxidation sites excluding steroid dienone is 3. The highest BCUT2D eigenvalue weighted by Gasteiger charge is 2.10. The fraction of sp³-hybridized carbons (Fsp3) is 0.154. The molecule has 12 rings (SSSR count). The van der Waals surface area contributed by atoms with Gasteiger partial charge in [-0.2, -0.15) is 0 Å². The van der Waals surface area contributed by atoms with Gasteiger partial charge in [-0.05, 0) is 156 Å². The van der Waals surface area contributed by atoms with Gasteiger partial charge in [0.2, 0.25) is 0 Å². The SMILES string of the molecule is C.C=CC=c1ccc(=C)cc1.C=c1c(=C)c2ccccc2c2ccccc12.C=c1cc2c(oc1=O)=CC(C)C=C2.CC/C=C/c1ccc(C)cc1.CCc1c(C)c2ccccc2c2ccccc12.CCc1cc2ccc(C)cc2oc1=O. The van der Waals surface area contributed by atoms with Gasteiger partial charge in [0.15, 0.2) is 0 Å². The highest BCUT2D eigenvalue weighted by Crippen LogP contribution is 2.32. The lowest BCUT2D eigenvalue weighted by Crippen LogP contribution is -2.29. The molecular formula is C78H78O4. The van der Waals surface area contributed by atoms with E-state index in [2.05, 4.69) is 188 Å². The van der Waals surface area contributed by atoms with Crippen LogP contribution in [0.5, 0.6) is 0 Å². The van der Waals surface area contributed by atoms with Crippen molar-refractivity contribution in [2.24, 2.45) is 5.92 Å². The molecule has 2 aromatic heterocycles. The minimum atomic E-state index is -0.350. The van der Waals surface area contributed by atoms with E-state index in [1.165, 1.54) is 70.6 Å². The Bertz CT molecular complexity index is 4460. The molecule has 11 aromatic rings. The van der Waals surface area contributed by atoms with E-state index in [0.29, 0.717) is 28.6 Å². The summed E-state index contributed by atoms with van der Waals surface area (Å²) in [5.74, 6) is 0.325. The Hall–Kier alpha value is -9.38. The summed E-state index contributed by atoms with van der Waals surface area (Å²) in [6.07, 6.45) is 16.9. The number of aryl methyl sites for hydroxylation is 5. The van der Waals surface area contributed by atoms with E-state index < -0.39 is 0 Å². The summed E-state index contributed by atoms with van der Waals surface area (Å²) in [6, 6.07) is 60.3. The molecule has 0 bridgehead atoms. The maximum Gasteiger partial charge on any atom is 0.342 e. The Morgan fingerprint density at radius 1 is 0.549 bits per heavy atom. The van der Waals surface area contributed by atoms with E-state index in [-0.39, 0.29) is 18.7 Å². The van der Waals surface area contributed by atoms with Crippen molar-refractivity contribution in [1.82, 2.24) is 0 Å². The second-order valence-electron chi connectivity index (χ2n) is 20.2. The molecule has 82 heavy (non-hydrogen) atoms. The van der Waals surface area contributed by atoms with Gasteiger partial charge in [0, 0.05) is 16.5 Å². The molecule has 1 aliphatic rings. The number of fused-ring (bicyclic) bond motifs is 8. The molecule has 414 valence electrons. The third-order valence-electron chi connectivity index (χ3n) is 14.2. The van der Waals surface area contributed by atoms with Crippen LogP contribution in [0.15, 0.2) is 219 Å². The molecule has 4 nitrogen and oxygen atoms in total. The highest BCUT2D eigenvalue weighted by atomic mass is 16.4. The molecule has 2 heterocycles. The van der Waals surface area contributed by atoms with Crippen LogP contribution in [0, 0.1) is 26.7 Å². The molecular weight excluding hydrogens is 1000 g/mol. The fourth-order valence-corrected chi connectivity index (χ4v) is 9.69. The number of hydrogen-bond acceptors (Lipinski definition) is 4. The zero-order valence-corrected chi connectivity index (χ0v) is 48.2. The Kier molecular flexibility index (Phi) is 22.4. The zero-order valence-electron chi connectivity index (χ0n) is 48.2. The first-order chi connectivity index (χ1) is 39.1. The first-order valence-corrected chi connectivity index (χ1v) is 27.8. The first-order valence-electron chi connectivity index (χ1n) is 27.8. The summed E-state index contributed by atoms with van der Waals surface area (Å²) in [5, 5.41) is 16.2. The van der Waals surface area contributed by atoms with Crippen LogP contribution in [0.2, 0.25) is 0 Å². The molecule has 1 atom stereocenters. The quantitative estimate of drug-likeness (QED) is 0.127. The molecule has 0 aliphatic heterocycles. The van der Waals surface area contributed by atoms with Gasteiger partial charge in [0.1, 0.15) is 11.0 Å². The van der Waals surface area contributed by atoms with Crippen LogP contribution < -0.4 is 42.8 Å². The summed E-state index contributed by atoms with van der Waals surface area (Å²) in [4.78, 5) is 22.5. The average molecular weight is 1080 g/mol. The third-order valence-corrected chi connectivity index (χ3v) is 14.2. The van der Waals surface area contributed by atoms with Gasteiger partial charge in [-0.15, -0.1) is 0 Å². The van der Waals surface area contributed by atoms with Crippen LogP contribution in [-0.4, -0.2) is 0 Å². The molecule has 0 radical (unpaired) electrons. The second-order valence-corrected chi connectivity index (χ2v) is 20.2. The third kappa shape index (κ3) is 15.7. The fourth-order valence-electron chi connectivity index (χ4n) is 9.69. The minimum absolute atomic E-state index is 0. The van der Waals surface area contributed by atoms with E-state index >= 15 is 0 Å². The van der Waals surface area contributed by atoms with Gasteiger partial charge in [-0.25, -0.2) is 9.59 Å². The summed E-state index contributed by atoms with van der Waals surface area (Å²) < 4.78 is 10.3. The van der Waals surface area contributed by atoms with Crippen molar-refractivity contribution in [3.63, 3.8) is 0 Å². The molecule has 1 aliphatic carbocycles. The molecule has 0 saturated carbocycles. The lowest BCUT2D eigenvalue weighted by molar-refractivity contribution is 0.469. The molecule has 0 N–H and O–H groups in total. The Morgan fingerprint density at radius 2 is 1.07 bits per heavy atom. The largest absolute Gasteiger partial charge is 0.423 e. The molecule has 0 spiro atoms. The van der Waals surface area contributed by atoms with Gasteiger partial charge in [-0.3, -0.25) is 0 Å². The van der Waals surface area contributed by atoms with Gasteiger partial charge in [0.05, 0.1) is 5.22 Å². The van der Waals surface area contributed by atoms with Crippen molar-refractivity contribution in [1.29, 1.82) is 0 Å². The predicted molar refractivity (Wildman–Crippen MR) is 359 cm³/mol. The van der Waals surface area contributed by atoms with E-state index in [1.54, 1.807) is 12.1 Å². The maximum atomic E-state index is 11.4. The average Bonchev–Trinajstić information content (AvgIpc) is 3.64. The Labute approximate surface area is 484 Å². The minimum Gasteiger partial charge on any atom is -0.423 e. The lowest BCUT2D eigenvalue weighted by atomic mass is 9.91. The van der Waals surface area contributed by atoms with Crippen molar-refractivity contribution in [3.05, 3.63) is 292 Å². The lowest BCUT2D eigenvalue weighted by Gasteiger charge is -2.13. The molecule has 9 aromatic carbocycles. The molecule has 0 amide bonds. The van der Waals surface area contributed by atoms with Crippen molar-refractivity contribution in [3.8, 4) is 0 Å². The Morgan fingerprint density at radius 3 is 1.62 bits per heavy atom. The topological polar surface area (TPSA) is 60.4 Å². The summed E-state index contributed by atoms with van der Waals surface area (Å²) in [6.45, 7) is 34.0. The van der Waals surface area contributed by atoms with Gasteiger partial charge >= 0.3 is 11.3 Å². The van der Waals surface area contributed by atoms with Crippen LogP contribution in [0.3, 0.4) is 0 Å². The van der Waals surface area contributed by atoms with Crippen molar-refractivity contribution < 1.29 is 8.83 Å². The molecule has 4 heteroatoms. The van der Waals surface area contributed by atoms with E-state index in [4.69, 9.17) is 8.83 Å². The van der Waals surface area contributed by atoms with Gasteiger partial charge < -0.3 is 8.83 Å². The summed E-state index contributed by atoms with van der Waals surface area (Å²) in [7, 11) is 0. The normalized spacial score (nSPS) is 11.9. The monoisotopic (exact) mass is 1080 g/mol. The van der Waals surface area contributed by atoms with Crippen LogP contribution in [-0.2, 0) is 12.8 Å². The number of benzene rings is 9. The first kappa shape index (κ1) is 61.8. The van der Waals surface area contributed by atoms with Crippen molar-refractivity contribution in [2.75, 3.05) is 0 Å². The highest BCUT2D eigenvalue weighted by molar-refractivity contribution is 6.11. The summed E-state index contributed by atoms with van der Waals surface area (Å²) in [5.41, 5.74) is 9.06. The van der Waals surface area contributed by atoms with Crippen molar-refractivity contribution in [2.45, 2.75) is 75.2 Å². The zero-order chi connectivity index (χ0) is 58.0. The van der Waals surface area contributed by atoms with Gasteiger partial charge in [-0.1, -0.05) is 268 Å². The van der Waals surface area contributed by atoms with E-state index in [9.17, 15) is 9.59 Å². The van der Waals surface area contributed by atoms with E-state index in [1.807, 2.05) is 99.7 Å². The van der Waals surface area contributed by atoms with Crippen LogP contribution in [0.4, 0.5) is 0 Å². The number of rotatable bonds is 5. The second kappa shape index (κ2) is 29.7. The molecule has 0 saturated heterocycles. The van der Waals surface area contributed by atoms with Crippen molar-refractivity contribution >= 4 is 105 Å². The van der Waals surface area contributed by atoms with Crippen LogP contribution in [0.1, 0.15) is 80.5 Å². The Balaban J connectivity index is 0.000000159. The maximum absolute atomic E-state index is 11.4. The van der Waals surface area contributed by atoms with E-state index in [0.717, 1.165) is 50.6 Å². The van der Waals surface area contributed by atoms with Crippen LogP contribution in [0.25, 0.3) is 105 Å². The standard InChI is InChI=1S/C17H16.C16H12.C12H12O2.C11H10O2.C11H14.C10H10.CH4/c1-3-13-12(2)14-8-4-5-10-16(14)17-11-7-6-9-15(13)17;1-11-12(2)14-8-4-6-10-16(14)15-9-5-3-7-13(11)15;1-3-9-7-10-5-4-8(2)6-11(10)14-12(9)13;1-7-3-4-9-6-8(2)11(12)13-10(9)5-7;1-3-4-5-11-8-6-10(2)7-9-11;1-3-4-10-7-5-9(2)6-8-10;/h4-11H,3H2,1-2H3;3-10H,1-2H2;4-7H,3H2,1-2H3;3-7H,2H2,1H3;4-9H,3H2,1-2H3;3-8H,1-2H2;1H4/b;;;;5-4+;;. The summed E-state index contributed by atoms with van der Waals surface area (Å²) >= 11 is 0. The smallest absolute Gasteiger partial charge is 0.342 e. The van der Waals surface area contributed by atoms with Gasteiger partial charge in [0.25, 0.3) is 0 Å². The predicted octanol–water partition coefficient (Wildman–Crippen LogP) is 16.0. The number of hydrogen-bond donors (Lipinski definition) is 0. The van der Waals surface area contributed by atoms with Crippen LogP contribution >= 0.6 is 0 Å². The molecule has 1 unspecified atom stereocenters. The molecule has 0 fully saturated rings.